The smallest absolute Gasteiger partial charge is 0.222 e. The summed E-state index contributed by atoms with van der Waals surface area (Å²) in [6.07, 6.45) is 6.27. The Kier molecular flexibility index (Phi) is 7.47. The Balaban J connectivity index is 1.28. The standard InChI is InChI=1S/C20H25N9OS2/c1-12(6-22-19-23-8-14(31-2)9-24-19)7-25-20-28-15-4-3-13(5-16(15)32-20)18(30)21-10-17-26-11-27-29-17/h3-5,8-9,11-12,18,21,30H,6-7,10H2,1-2H3,(H,25,28)(H,22,23,24)(H,26,27,29)/t12-,18?/m0/s1. The highest BCUT2D eigenvalue weighted by molar-refractivity contribution is 7.98. The first kappa shape index (κ1) is 22.4. The number of nitrogens with zero attached hydrogens (tertiary/aromatic N) is 5. The average molecular weight is 472 g/mol. The van der Waals surface area contributed by atoms with Crippen LogP contribution < -0.4 is 16.0 Å². The fourth-order valence-corrected chi connectivity index (χ4v) is 4.16. The van der Waals surface area contributed by atoms with Crippen LogP contribution >= 0.6 is 23.1 Å². The number of benzene rings is 1. The summed E-state index contributed by atoms with van der Waals surface area (Å²) in [7, 11) is 0. The lowest BCUT2D eigenvalue weighted by Crippen LogP contribution is -2.21. The molecule has 3 heterocycles. The zero-order valence-electron chi connectivity index (χ0n) is 17.7. The Morgan fingerprint density at radius 1 is 1.16 bits per heavy atom. The van der Waals surface area contributed by atoms with Crippen molar-refractivity contribution in [2.45, 2.75) is 24.6 Å². The summed E-state index contributed by atoms with van der Waals surface area (Å²) in [6.45, 7) is 4.07. The van der Waals surface area contributed by atoms with Gasteiger partial charge in [-0.1, -0.05) is 24.3 Å². The van der Waals surface area contributed by atoms with Crippen molar-refractivity contribution in [3.05, 3.63) is 48.3 Å². The molecule has 2 atom stereocenters. The van der Waals surface area contributed by atoms with E-state index in [1.54, 1.807) is 23.1 Å². The molecule has 0 bridgehead atoms. The van der Waals surface area contributed by atoms with E-state index in [0.717, 1.165) is 38.9 Å². The monoisotopic (exact) mass is 471 g/mol. The van der Waals surface area contributed by atoms with Crippen LogP contribution in [-0.2, 0) is 6.54 Å². The fourth-order valence-electron chi connectivity index (χ4n) is 2.93. The number of aromatic amines is 1. The molecule has 3 aromatic heterocycles. The van der Waals surface area contributed by atoms with Crippen molar-refractivity contribution in [2.24, 2.45) is 5.92 Å². The molecule has 0 amide bonds. The molecule has 1 unspecified atom stereocenters. The highest BCUT2D eigenvalue weighted by Gasteiger charge is 2.12. The summed E-state index contributed by atoms with van der Waals surface area (Å²) in [4.78, 5) is 18.3. The van der Waals surface area contributed by atoms with Crippen LogP contribution in [0, 0.1) is 5.92 Å². The Labute approximate surface area is 193 Å². The van der Waals surface area contributed by atoms with Crippen LogP contribution in [0.25, 0.3) is 10.2 Å². The molecule has 0 spiro atoms. The molecule has 1 aromatic carbocycles. The summed E-state index contributed by atoms with van der Waals surface area (Å²) < 4.78 is 1.01. The van der Waals surface area contributed by atoms with Gasteiger partial charge in [-0.25, -0.2) is 19.9 Å². The number of hydrogen-bond donors (Lipinski definition) is 5. The van der Waals surface area contributed by atoms with Gasteiger partial charge in [0.05, 0.1) is 16.8 Å². The van der Waals surface area contributed by atoms with Crippen LogP contribution in [0.4, 0.5) is 11.1 Å². The van der Waals surface area contributed by atoms with E-state index in [-0.39, 0.29) is 0 Å². The van der Waals surface area contributed by atoms with Crippen LogP contribution in [-0.4, -0.2) is 54.6 Å². The third-order valence-electron chi connectivity index (χ3n) is 4.73. The van der Waals surface area contributed by atoms with E-state index in [0.29, 0.717) is 24.2 Å². The number of aliphatic hydroxyl groups is 1. The summed E-state index contributed by atoms with van der Waals surface area (Å²) in [6, 6.07) is 5.75. The Hall–Kier alpha value is -2.80. The van der Waals surface area contributed by atoms with Crippen LogP contribution in [0.15, 0.2) is 41.8 Å². The molecule has 12 heteroatoms. The minimum Gasteiger partial charge on any atom is -0.374 e. The third-order valence-corrected chi connectivity index (χ3v) is 6.39. The van der Waals surface area contributed by atoms with Crippen LogP contribution in [0.3, 0.4) is 0 Å². The molecule has 0 fully saturated rings. The van der Waals surface area contributed by atoms with Gasteiger partial charge in [-0.2, -0.15) is 5.10 Å². The topological polar surface area (TPSA) is 137 Å². The quantitative estimate of drug-likeness (QED) is 0.164. The maximum absolute atomic E-state index is 10.4. The molecule has 5 N–H and O–H groups in total. The van der Waals surface area contributed by atoms with Crippen molar-refractivity contribution in [2.75, 3.05) is 30.0 Å². The second kappa shape index (κ2) is 10.7. The zero-order chi connectivity index (χ0) is 22.3. The van der Waals surface area contributed by atoms with Gasteiger partial charge in [0.2, 0.25) is 5.95 Å². The third kappa shape index (κ3) is 5.91. The molecule has 10 nitrogen and oxygen atoms in total. The molecule has 0 saturated carbocycles. The van der Waals surface area contributed by atoms with Crippen LogP contribution in [0.5, 0.6) is 0 Å². The lowest BCUT2D eigenvalue weighted by atomic mass is 10.2. The Morgan fingerprint density at radius 2 is 1.97 bits per heavy atom. The zero-order valence-corrected chi connectivity index (χ0v) is 19.4. The van der Waals surface area contributed by atoms with E-state index in [1.165, 1.54) is 6.33 Å². The minimum atomic E-state index is -0.804. The van der Waals surface area contributed by atoms with E-state index in [1.807, 2.05) is 36.8 Å². The van der Waals surface area contributed by atoms with Gasteiger partial charge in [-0.15, -0.1) is 11.8 Å². The maximum Gasteiger partial charge on any atom is 0.222 e. The van der Waals surface area contributed by atoms with Gasteiger partial charge < -0.3 is 15.7 Å². The first-order valence-electron chi connectivity index (χ1n) is 10.1. The van der Waals surface area contributed by atoms with Crippen molar-refractivity contribution < 1.29 is 5.11 Å². The molecule has 32 heavy (non-hydrogen) atoms. The van der Waals surface area contributed by atoms with Gasteiger partial charge >= 0.3 is 0 Å². The molecule has 0 saturated heterocycles. The van der Waals surface area contributed by atoms with Crippen molar-refractivity contribution in [3.8, 4) is 0 Å². The number of H-pyrrole nitrogens is 1. The van der Waals surface area contributed by atoms with Gasteiger partial charge in [-0.3, -0.25) is 10.4 Å². The number of fused-ring (bicyclic) bond motifs is 1. The van der Waals surface area contributed by atoms with E-state index >= 15 is 0 Å². The molecule has 168 valence electrons. The molecule has 4 aromatic rings. The normalized spacial score (nSPS) is 13.2. The Morgan fingerprint density at radius 3 is 2.72 bits per heavy atom. The number of nitrogens with one attached hydrogen (secondary N) is 4. The lowest BCUT2D eigenvalue weighted by molar-refractivity contribution is 0.136. The van der Waals surface area contributed by atoms with Gasteiger partial charge in [0.15, 0.2) is 5.13 Å². The molecule has 0 aliphatic rings. The molecule has 0 aliphatic carbocycles. The number of thioether (sulfide) groups is 1. The number of anilines is 2. The SMILES string of the molecule is CSc1cnc(NC[C@H](C)CNc2nc3ccc(C(O)NCc4ncn[nH]4)cc3s2)nc1. The summed E-state index contributed by atoms with van der Waals surface area (Å²) in [5, 5.41) is 27.5. The largest absolute Gasteiger partial charge is 0.374 e. The first-order chi connectivity index (χ1) is 15.6. The van der Waals surface area contributed by atoms with E-state index in [4.69, 9.17) is 0 Å². The number of rotatable bonds is 11. The van der Waals surface area contributed by atoms with Gasteiger partial charge in [0.1, 0.15) is 18.4 Å². The van der Waals surface area contributed by atoms with Crippen molar-refractivity contribution >= 4 is 44.4 Å². The predicted molar refractivity (Wildman–Crippen MR) is 128 cm³/mol. The average Bonchev–Trinajstić information content (AvgIpc) is 3.49. The number of aliphatic hydroxyl groups excluding tert-OH is 1. The molecule has 4 rings (SSSR count). The summed E-state index contributed by atoms with van der Waals surface area (Å²) >= 11 is 3.19. The van der Waals surface area contributed by atoms with Gasteiger partial charge in [0, 0.05) is 30.4 Å². The number of thiazole rings is 1. The van der Waals surface area contributed by atoms with E-state index in [2.05, 4.69) is 53.0 Å². The van der Waals surface area contributed by atoms with Crippen molar-refractivity contribution in [1.82, 2.24) is 35.5 Å². The lowest BCUT2D eigenvalue weighted by Gasteiger charge is -2.13. The predicted octanol–water partition coefficient (Wildman–Crippen LogP) is 2.87. The molecule has 0 aliphatic heterocycles. The number of hydrogen-bond acceptors (Lipinski definition) is 11. The minimum absolute atomic E-state index is 0.350. The molecular formula is C20H25N9OS2. The van der Waals surface area contributed by atoms with E-state index in [9.17, 15) is 5.11 Å². The maximum atomic E-state index is 10.4. The summed E-state index contributed by atoms with van der Waals surface area (Å²) in [5.74, 6) is 1.66. The Bertz CT molecular complexity index is 1120. The highest BCUT2D eigenvalue weighted by atomic mass is 32.2. The van der Waals surface area contributed by atoms with E-state index < -0.39 is 6.23 Å². The van der Waals surface area contributed by atoms with Gasteiger partial charge in [0.25, 0.3) is 0 Å². The molecule has 0 radical (unpaired) electrons. The first-order valence-corrected chi connectivity index (χ1v) is 12.1. The number of aromatic nitrogens is 6. The van der Waals surface area contributed by atoms with Gasteiger partial charge in [-0.05, 0) is 29.9 Å². The fraction of sp³-hybridized carbons (Fsp3) is 0.350. The van der Waals surface area contributed by atoms with Crippen LogP contribution in [0.1, 0.15) is 24.5 Å². The van der Waals surface area contributed by atoms with Crippen molar-refractivity contribution in [3.63, 3.8) is 0 Å². The highest BCUT2D eigenvalue weighted by Crippen LogP contribution is 2.28. The second-order valence-corrected chi connectivity index (χ2v) is 9.19. The van der Waals surface area contributed by atoms with Crippen molar-refractivity contribution in [1.29, 1.82) is 0 Å². The molecular weight excluding hydrogens is 446 g/mol. The second-order valence-electron chi connectivity index (χ2n) is 7.28. The summed E-state index contributed by atoms with van der Waals surface area (Å²) in [5.41, 5.74) is 1.68. The van der Waals surface area contributed by atoms with Crippen LogP contribution in [0.2, 0.25) is 0 Å².